The smallest absolute Gasteiger partial charge is 0.259 e. The van der Waals surface area contributed by atoms with E-state index in [4.69, 9.17) is 9.47 Å². The van der Waals surface area contributed by atoms with Crippen LogP contribution in [0.15, 0.2) is 46.6 Å². The number of carbonyl (C=O) groups is 1. The number of benzene rings is 1. The van der Waals surface area contributed by atoms with E-state index in [1.165, 1.54) is 6.20 Å². The van der Waals surface area contributed by atoms with E-state index in [0.29, 0.717) is 36.6 Å². The Morgan fingerprint density at radius 3 is 2.78 bits per heavy atom. The highest BCUT2D eigenvalue weighted by atomic mass is 16.5. The largest absolute Gasteiger partial charge is 0.503 e. The molecule has 1 aromatic carbocycles. The second-order valence-corrected chi connectivity index (χ2v) is 10.0. The van der Waals surface area contributed by atoms with Crippen molar-refractivity contribution >= 4 is 23.4 Å². The van der Waals surface area contributed by atoms with Crippen LogP contribution in [0.3, 0.4) is 0 Å². The van der Waals surface area contributed by atoms with Crippen LogP contribution in [0.25, 0.3) is 0 Å². The zero-order valence-electron chi connectivity index (χ0n) is 21.2. The fraction of sp³-hybridized carbons (Fsp3) is 0.462. The lowest BCUT2D eigenvalue weighted by atomic mass is 10.1. The summed E-state index contributed by atoms with van der Waals surface area (Å²) in [5, 5.41) is 24.9. The van der Waals surface area contributed by atoms with Crippen molar-refractivity contribution in [3.8, 4) is 11.5 Å². The van der Waals surface area contributed by atoms with E-state index < -0.39 is 5.60 Å². The Kier molecular flexibility index (Phi) is 6.84. The predicted octanol–water partition coefficient (Wildman–Crippen LogP) is 1.52. The number of rotatable bonds is 6. The molecule has 0 radical (unpaired) electrons. The Bertz CT molecular complexity index is 1220. The van der Waals surface area contributed by atoms with E-state index in [-0.39, 0.29) is 47.9 Å². The molecular weight excluding hydrogens is 476 g/mol. The van der Waals surface area contributed by atoms with Gasteiger partial charge in [0.25, 0.3) is 5.91 Å². The minimum absolute atomic E-state index is 0.0269. The van der Waals surface area contributed by atoms with E-state index in [2.05, 4.69) is 25.2 Å². The summed E-state index contributed by atoms with van der Waals surface area (Å²) in [6, 6.07) is 6.77. The average Bonchev–Trinajstić information content (AvgIpc) is 3.34. The molecule has 1 aromatic heterocycles. The minimum Gasteiger partial charge on any atom is -0.503 e. The van der Waals surface area contributed by atoms with Crippen LogP contribution in [0.5, 0.6) is 11.5 Å². The summed E-state index contributed by atoms with van der Waals surface area (Å²) in [5.74, 6) is 0.542. The number of aliphatic hydroxyl groups is 1. The lowest BCUT2D eigenvalue weighted by molar-refractivity contribution is -0.0952. The van der Waals surface area contributed by atoms with Crippen molar-refractivity contribution in [3.63, 3.8) is 0 Å². The van der Waals surface area contributed by atoms with Gasteiger partial charge in [-0.15, -0.1) is 0 Å². The Hall–Kier alpha value is -3.54. The van der Waals surface area contributed by atoms with Crippen molar-refractivity contribution in [1.82, 2.24) is 20.1 Å². The SMILES string of the molecule is C[C@@H]1CN(CC(C)(O)COc2ccc3c(c2O)N=C(NC(=O)c2cccnc2)N2CCN=C32)C[C@H](C)O1. The number of aromatic hydroxyl groups is 1. The number of amidine groups is 1. The molecular formula is C26H32N6O5. The van der Waals surface area contributed by atoms with Crippen LogP contribution in [-0.4, -0.2) is 99.8 Å². The number of guanidine groups is 1. The van der Waals surface area contributed by atoms with Gasteiger partial charge in [-0.25, -0.2) is 4.99 Å². The predicted molar refractivity (Wildman–Crippen MR) is 138 cm³/mol. The molecule has 37 heavy (non-hydrogen) atoms. The second-order valence-electron chi connectivity index (χ2n) is 10.0. The quantitative estimate of drug-likeness (QED) is 0.535. The zero-order valence-corrected chi connectivity index (χ0v) is 21.2. The molecule has 1 amide bonds. The molecule has 0 saturated carbocycles. The number of fused-ring (bicyclic) bond motifs is 3. The fourth-order valence-electron chi connectivity index (χ4n) is 4.96. The molecule has 5 rings (SSSR count). The fourth-order valence-corrected chi connectivity index (χ4v) is 4.96. The highest BCUT2D eigenvalue weighted by molar-refractivity contribution is 6.20. The van der Waals surface area contributed by atoms with E-state index in [0.717, 1.165) is 13.1 Å². The minimum atomic E-state index is -1.16. The number of morpholine rings is 1. The van der Waals surface area contributed by atoms with E-state index >= 15 is 0 Å². The van der Waals surface area contributed by atoms with Crippen molar-refractivity contribution in [2.24, 2.45) is 9.98 Å². The first-order valence-corrected chi connectivity index (χ1v) is 12.4. The summed E-state index contributed by atoms with van der Waals surface area (Å²) >= 11 is 0. The van der Waals surface area contributed by atoms with Gasteiger partial charge >= 0.3 is 0 Å². The van der Waals surface area contributed by atoms with Crippen LogP contribution in [0, 0.1) is 0 Å². The molecule has 3 N–H and O–H groups in total. The molecule has 0 spiro atoms. The maximum absolute atomic E-state index is 12.8. The average molecular weight is 509 g/mol. The van der Waals surface area contributed by atoms with Crippen LogP contribution in [0.2, 0.25) is 0 Å². The van der Waals surface area contributed by atoms with Gasteiger partial charge in [-0.3, -0.25) is 29.9 Å². The third-order valence-corrected chi connectivity index (χ3v) is 6.42. The maximum atomic E-state index is 12.8. The van der Waals surface area contributed by atoms with Gasteiger partial charge in [0.1, 0.15) is 23.7 Å². The molecule has 1 unspecified atom stereocenters. The first-order chi connectivity index (χ1) is 17.7. The number of amides is 1. The molecule has 196 valence electrons. The standard InChI is InChI=1S/C26H32N6O5/c1-16-12-31(13-17(2)37-16)14-26(3,35)15-36-20-7-6-19-21(22(20)33)29-25(32-10-9-28-23(19)32)30-24(34)18-5-4-8-27-11-18/h4-8,11,16-17,33,35H,9-10,12-15H2,1-3H3,(H,29,30,34)/t16-,17+,26?. The van der Waals surface area contributed by atoms with Gasteiger partial charge in [-0.1, -0.05) is 0 Å². The molecule has 1 fully saturated rings. The molecule has 11 heteroatoms. The van der Waals surface area contributed by atoms with Crippen LogP contribution >= 0.6 is 0 Å². The van der Waals surface area contributed by atoms with Gasteiger partial charge in [0.15, 0.2) is 11.5 Å². The molecule has 3 aliphatic heterocycles. The van der Waals surface area contributed by atoms with E-state index in [1.54, 1.807) is 37.4 Å². The summed E-state index contributed by atoms with van der Waals surface area (Å²) in [5.41, 5.74) is 0.134. The van der Waals surface area contributed by atoms with Gasteiger partial charge in [-0.2, -0.15) is 0 Å². The van der Waals surface area contributed by atoms with Crippen LogP contribution in [-0.2, 0) is 4.74 Å². The van der Waals surface area contributed by atoms with Gasteiger partial charge in [0.05, 0.1) is 24.3 Å². The number of ether oxygens (including phenoxy) is 2. The van der Waals surface area contributed by atoms with Gasteiger partial charge < -0.3 is 19.7 Å². The zero-order chi connectivity index (χ0) is 26.2. The number of pyridine rings is 1. The Labute approximate surface area is 215 Å². The van der Waals surface area contributed by atoms with E-state index in [9.17, 15) is 15.0 Å². The number of aliphatic imine (C=N–C) groups is 2. The van der Waals surface area contributed by atoms with Gasteiger partial charge in [0.2, 0.25) is 5.96 Å². The molecule has 2 aromatic rings. The lowest BCUT2D eigenvalue weighted by Gasteiger charge is -2.38. The summed E-state index contributed by atoms with van der Waals surface area (Å²) in [7, 11) is 0. The van der Waals surface area contributed by atoms with Crippen LogP contribution < -0.4 is 10.1 Å². The summed E-state index contributed by atoms with van der Waals surface area (Å²) < 4.78 is 11.7. The third-order valence-electron chi connectivity index (χ3n) is 6.42. The number of carbonyl (C=O) groups excluding carboxylic acids is 1. The Morgan fingerprint density at radius 2 is 2.05 bits per heavy atom. The Morgan fingerprint density at radius 1 is 1.27 bits per heavy atom. The monoisotopic (exact) mass is 508 g/mol. The normalized spacial score (nSPS) is 22.9. The lowest BCUT2D eigenvalue weighted by Crippen LogP contribution is -2.52. The molecule has 4 heterocycles. The maximum Gasteiger partial charge on any atom is 0.259 e. The molecule has 0 bridgehead atoms. The summed E-state index contributed by atoms with van der Waals surface area (Å²) in [6.45, 7) is 8.68. The molecule has 11 nitrogen and oxygen atoms in total. The molecule has 3 atom stereocenters. The highest BCUT2D eigenvalue weighted by Crippen LogP contribution is 2.42. The van der Waals surface area contributed by atoms with Crippen molar-refractivity contribution < 1.29 is 24.5 Å². The number of aromatic nitrogens is 1. The molecule has 0 aliphatic carbocycles. The number of nitrogens with one attached hydrogen (secondary N) is 1. The van der Waals surface area contributed by atoms with Crippen molar-refractivity contribution in [3.05, 3.63) is 47.8 Å². The number of β-amino-alcohol motifs (C(OH)–C–C–N with tert-alkyl or cyclic N) is 1. The van der Waals surface area contributed by atoms with Crippen molar-refractivity contribution in [2.45, 2.75) is 38.6 Å². The topological polar surface area (TPSA) is 132 Å². The van der Waals surface area contributed by atoms with Gasteiger partial charge in [0, 0.05) is 44.1 Å². The number of phenolic OH excluding ortho intramolecular Hbond substituents is 1. The van der Waals surface area contributed by atoms with Crippen molar-refractivity contribution in [2.75, 3.05) is 39.3 Å². The Balaban J connectivity index is 1.34. The second kappa shape index (κ2) is 10.1. The van der Waals surface area contributed by atoms with Crippen LogP contribution in [0.4, 0.5) is 5.69 Å². The number of phenols is 1. The number of nitrogens with zero attached hydrogens (tertiary/aromatic N) is 5. The molecule has 3 aliphatic rings. The summed E-state index contributed by atoms with van der Waals surface area (Å²) in [4.78, 5) is 29.8. The first-order valence-electron chi connectivity index (χ1n) is 12.4. The first kappa shape index (κ1) is 25.1. The number of hydrogen-bond acceptors (Lipinski definition) is 10. The van der Waals surface area contributed by atoms with Crippen LogP contribution in [0.1, 0.15) is 36.7 Å². The van der Waals surface area contributed by atoms with Gasteiger partial charge in [-0.05, 0) is 45.0 Å². The third kappa shape index (κ3) is 5.43. The van der Waals surface area contributed by atoms with E-state index in [1.807, 2.05) is 18.7 Å². The number of hydrogen-bond donors (Lipinski definition) is 3. The molecule has 1 saturated heterocycles. The van der Waals surface area contributed by atoms with Crippen molar-refractivity contribution in [1.29, 1.82) is 0 Å². The summed E-state index contributed by atoms with van der Waals surface area (Å²) in [6.07, 6.45) is 3.25. The highest BCUT2D eigenvalue weighted by Gasteiger charge is 2.34.